The van der Waals surface area contributed by atoms with Crippen LogP contribution in [0.4, 0.5) is 0 Å². The van der Waals surface area contributed by atoms with E-state index in [0.717, 1.165) is 0 Å². The Hall–Kier alpha value is 0.272. The Labute approximate surface area is 50.6 Å². The van der Waals surface area contributed by atoms with E-state index in [9.17, 15) is 0 Å². The van der Waals surface area contributed by atoms with Gasteiger partial charge in [-0.1, -0.05) is 10.9 Å². The summed E-state index contributed by atoms with van der Waals surface area (Å²) in [6.45, 7) is 5.93. The molecule has 0 amide bonds. The van der Waals surface area contributed by atoms with Crippen LogP contribution in [0.1, 0.15) is 6.92 Å². The maximum atomic E-state index is 3.83. The molecule has 0 rings (SSSR count). The van der Waals surface area contributed by atoms with Gasteiger partial charge in [-0.25, -0.2) is 0 Å². The van der Waals surface area contributed by atoms with Crippen molar-refractivity contribution in [2.75, 3.05) is 0 Å². The van der Waals surface area contributed by atoms with Crippen molar-refractivity contribution >= 4 is 14.1 Å². The van der Waals surface area contributed by atoms with Crippen LogP contribution in [0.15, 0.2) is 12.2 Å². The first-order valence-corrected chi connectivity index (χ1v) is 5.90. The predicted octanol–water partition coefficient (Wildman–Crippen LogP) is 2.32. The summed E-state index contributed by atoms with van der Waals surface area (Å²) in [6.07, 6.45) is 0. The summed E-state index contributed by atoms with van der Waals surface area (Å²) < 4.78 is 0. The SMILES string of the molecule is C=C(C)[CH2][Al]([CH3])[CH3]. The van der Waals surface area contributed by atoms with E-state index in [1.165, 1.54) is 10.9 Å². The molecule has 1 heteroatoms. The van der Waals surface area contributed by atoms with Gasteiger partial charge < -0.3 is 0 Å². The third-order valence-corrected chi connectivity index (χ3v) is 2.27. The van der Waals surface area contributed by atoms with Crippen molar-refractivity contribution in [2.24, 2.45) is 0 Å². The third-order valence-electron chi connectivity index (χ3n) is 0.757. The van der Waals surface area contributed by atoms with Gasteiger partial charge in [0.1, 0.15) is 0 Å². The second-order valence-electron chi connectivity index (χ2n) is 2.56. The van der Waals surface area contributed by atoms with Crippen molar-refractivity contribution < 1.29 is 0 Å². The largest absolute Gasteiger partial charge is 0.260 e. The molecule has 0 radical (unpaired) electrons. The monoisotopic (exact) mass is 112 g/mol. The van der Waals surface area contributed by atoms with Gasteiger partial charge >= 0.3 is 0 Å². The lowest BCUT2D eigenvalue weighted by atomic mass is 10.4. The first-order valence-electron chi connectivity index (χ1n) is 2.77. The lowest BCUT2D eigenvalue weighted by molar-refractivity contribution is 1.37. The molecule has 0 nitrogen and oxygen atoms in total. The topological polar surface area (TPSA) is 0 Å². The fraction of sp³-hybridized carbons (Fsp3) is 0.667. The van der Waals surface area contributed by atoms with E-state index in [-0.39, 0.29) is 14.1 Å². The Balaban J connectivity index is 3.13. The van der Waals surface area contributed by atoms with Crippen molar-refractivity contribution in [1.82, 2.24) is 0 Å². The normalized spacial score (nSPS) is 8.43. The molecule has 0 aromatic heterocycles. The molecule has 0 saturated carbocycles. The van der Waals surface area contributed by atoms with Gasteiger partial charge in [-0.05, 0) is 6.92 Å². The van der Waals surface area contributed by atoms with E-state index >= 15 is 0 Å². The number of hydrogen-bond donors (Lipinski definition) is 0. The second-order valence-corrected chi connectivity index (χ2v) is 5.75. The summed E-state index contributed by atoms with van der Waals surface area (Å²) >= 11 is -0.328. The summed E-state index contributed by atoms with van der Waals surface area (Å²) in [7, 11) is 0. The summed E-state index contributed by atoms with van der Waals surface area (Å²) in [4.78, 5) is 0. The van der Waals surface area contributed by atoms with Gasteiger partial charge in [-0.3, -0.25) is 0 Å². The lowest BCUT2D eigenvalue weighted by Crippen LogP contribution is -1.97. The first-order chi connectivity index (χ1) is 3.13. The maximum Gasteiger partial charge on any atom is 0.260 e. The summed E-state index contributed by atoms with van der Waals surface area (Å²) in [5, 5.41) is 1.31. The average molecular weight is 112 g/mol. The van der Waals surface area contributed by atoms with Gasteiger partial charge in [0.15, 0.2) is 0 Å². The molecule has 0 spiro atoms. The summed E-state index contributed by atoms with van der Waals surface area (Å²) in [5.41, 5.74) is 1.35. The zero-order valence-corrected chi connectivity index (χ0v) is 6.65. The van der Waals surface area contributed by atoms with E-state index < -0.39 is 0 Å². The molecule has 0 aromatic carbocycles. The molecule has 0 unspecified atom stereocenters. The number of rotatable bonds is 2. The third kappa shape index (κ3) is 6.27. The van der Waals surface area contributed by atoms with Crippen LogP contribution in [0.5, 0.6) is 0 Å². The van der Waals surface area contributed by atoms with Crippen molar-refractivity contribution in [2.45, 2.75) is 23.8 Å². The molecule has 0 atom stereocenters. The highest BCUT2D eigenvalue weighted by Crippen LogP contribution is 2.00. The van der Waals surface area contributed by atoms with Crippen molar-refractivity contribution in [1.29, 1.82) is 0 Å². The molecule has 0 aromatic rings. The van der Waals surface area contributed by atoms with Gasteiger partial charge in [-0.15, -0.1) is 18.2 Å². The van der Waals surface area contributed by atoms with Gasteiger partial charge in [0.2, 0.25) is 0 Å². The molecule has 0 bridgehead atoms. The summed E-state index contributed by atoms with van der Waals surface area (Å²) in [6, 6.07) is 0. The van der Waals surface area contributed by atoms with Crippen LogP contribution < -0.4 is 0 Å². The maximum absolute atomic E-state index is 3.83. The molecule has 0 fully saturated rings. The highest BCUT2D eigenvalue weighted by Gasteiger charge is 1.98. The molecule has 7 heavy (non-hydrogen) atoms. The molecular formula is C6H13Al. The molecule has 0 saturated heterocycles. The van der Waals surface area contributed by atoms with Crippen LogP contribution in [0.2, 0.25) is 16.9 Å². The zero-order valence-electron chi connectivity index (χ0n) is 5.49. The highest BCUT2D eigenvalue weighted by atomic mass is 27.2. The predicted molar refractivity (Wildman–Crippen MR) is 37.1 cm³/mol. The van der Waals surface area contributed by atoms with Crippen LogP contribution in [-0.4, -0.2) is 14.1 Å². The van der Waals surface area contributed by atoms with Gasteiger partial charge in [0, 0.05) is 0 Å². The number of allylic oxidation sites excluding steroid dienone is 1. The van der Waals surface area contributed by atoms with E-state index in [1.807, 2.05) is 0 Å². The van der Waals surface area contributed by atoms with E-state index in [1.54, 1.807) is 0 Å². The first kappa shape index (κ1) is 7.27. The second kappa shape index (κ2) is 3.30. The Morgan fingerprint density at radius 2 is 2.00 bits per heavy atom. The fourth-order valence-corrected chi connectivity index (χ4v) is 2.09. The van der Waals surface area contributed by atoms with Crippen molar-refractivity contribution in [3.8, 4) is 0 Å². The minimum Gasteiger partial charge on any atom is -0.106 e. The lowest BCUT2D eigenvalue weighted by Gasteiger charge is -1.94. The zero-order chi connectivity index (χ0) is 5.86. The minimum atomic E-state index is -0.328. The van der Waals surface area contributed by atoms with E-state index in [4.69, 9.17) is 0 Å². The standard InChI is InChI=1S/C4H7.2CH3.Al/c1-4(2)3;;;/h1-2H2,3H3;2*1H3;. The van der Waals surface area contributed by atoms with Crippen LogP contribution in [0.25, 0.3) is 0 Å². The van der Waals surface area contributed by atoms with Crippen LogP contribution in [0, 0.1) is 0 Å². The van der Waals surface area contributed by atoms with E-state index in [0.29, 0.717) is 0 Å². The molecule has 0 aliphatic carbocycles. The van der Waals surface area contributed by atoms with Crippen LogP contribution in [0.3, 0.4) is 0 Å². The van der Waals surface area contributed by atoms with Crippen LogP contribution >= 0.6 is 0 Å². The average Bonchev–Trinajstić information content (AvgIpc) is 1.27. The Kier molecular flexibility index (Phi) is 3.43. The smallest absolute Gasteiger partial charge is 0.106 e. The van der Waals surface area contributed by atoms with Gasteiger partial charge in [0.25, 0.3) is 14.1 Å². The molecule has 40 valence electrons. The quantitative estimate of drug-likeness (QED) is 0.380. The van der Waals surface area contributed by atoms with Crippen molar-refractivity contribution in [3.63, 3.8) is 0 Å². The Morgan fingerprint density at radius 3 is 2.00 bits per heavy atom. The molecule has 0 aliphatic rings. The minimum absolute atomic E-state index is 0.328. The molecule has 0 heterocycles. The molecular weight excluding hydrogens is 99.0 g/mol. The highest BCUT2D eigenvalue weighted by molar-refractivity contribution is 6.56. The number of hydrogen-bond acceptors (Lipinski definition) is 0. The Bertz CT molecular complexity index is 64.6. The van der Waals surface area contributed by atoms with Crippen LogP contribution in [-0.2, 0) is 0 Å². The fourth-order valence-electron chi connectivity index (χ4n) is 0.697. The molecule has 0 N–H and O–H groups in total. The summed E-state index contributed by atoms with van der Waals surface area (Å²) in [5.74, 6) is 4.68. The van der Waals surface area contributed by atoms with E-state index in [2.05, 4.69) is 25.1 Å². The molecule has 0 aliphatic heterocycles. The van der Waals surface area contributed by atoms with Gasteiger partial charge in [-0.2, -0.15) is 0 Å². The Morgan fingerprint density at radius 1 is 1.57 bits per heavy atom. The van der Waals surface area contributed by atoms with Crippen molar-refractivity contribution in [3.05, 3.63) is 12.2 Å². The van der Waals surface area contributed by atoms with Gasteiger partial charge in [0.05, 0.1) is 0 Å².